The lowest BCUT2D eigenvalue weighted by molar-refractivity contribution is -0.145. The molecule has 3 atom stereocenters. The molecule has 3 aliphatic heterocycles. The van der Waals surface area contributed by atoms with Crippen LogP contribution in [0.1, 0.15) is 47.8 Å². The maximum Gasteiger partial charge on any atom is 0.344 e. The molecule has 3 heterocycles. The monoisotopic (exact) mass is 404 g/mol. The number of esters is 1. The van der Waals surface area contributed by atoms with Gasteiger partial charge in [0.05, 0.1) is 20.3 Å². The van der Waals surface area contributed by atoms with Gasteiger partial charge in [-0.25, -0.2) is 4.79 Å². The van der Waals surface area contributed by atoms with Crippen LogP contribution in [0.2, 0.25) is 0 Å². The minimum absolute atomic E-state index is 0.00580. The van der Waals surface area contributed by atoms with Crippen LogP contribution in [-0.4, -0.2) is 62.2 Å². The summed E-state index contributed by atoms with van der Waals surface area (Å²) < 4.78 is 21.6. The molecule has 0 unspecified atom stereocenters. The van der Waals surface area contributed by atoms with Gasteiger partial charge >= 0.3 is 5.97 Å². The van der Waals surface area contributed by atoms with E-state index in [-0.39, 0.29) is 35.7 Å². The Morgan fingerprint density at radius 1 is 1.24 bits per heavy atom. The SMILES string of the molecule is COc1ccc2c(c1OC)C(=O)O[C@H]2N1C(=O)CC[C@@H]1C(=O)NC[C@H]1CCCO1. The van der Waals surface area contributed by atoms with Gasteiger partial charge in [0.15, 0.2) is 11.5 Å². The first kappa shape index (κ1) is 19.5. The molecule has 0 bridgehead atoms. The number of likely N-dealkylation sites (tertiary alicyclic amines) is 1. The molecule has 0 radical (unpaired) electrons. The summed E-state index contributed by atoms with van der Waals surface area (Å²) in [6.45, 7) is 1.11. The van der Waals surface area contributed by atoms with Crippen LogP contribution in [0.5, 0.6) is 11.5 Å². The third kappa shape index (κ3) is 3.39. The Kier molecular flexibility index (Phi) is 5.31. The molecule has 3 aliphatic rings. The lowest BCUT2D eigenvalue weighted by Gasteiger charge is -2.29. The van der Waals surface area contributed by atoms with Crippen molar-refractivity contribution in [2.24, 2.45) is 0 Å². The Morgan fingerprint density at radius 2 is 2.07 bits per heavy atom. The van der Waals surface area contributed by atoms with Gasteiger partial charge in [-0.15, -0.1) is 0 Å². The van der Waals surface area contributed by atoms with E-state index < -0.39 is 18.2 Å². The molecule has 0 spiro atoms. The number of fused-ring (bicyclic) bond motifs is 1. The van der Waals surface area contributed by atoms with Crippen LogP contribution in [0, 0.1) is 0 Å². The number of carbonyl (C=O) groups is 3. The van der Waals surface area contributed by atoms with Crippen molar-refractivity contribution in [3.05, 3.63) is 23.3 Å². The fourth-order valence-corrected chi connectivity index (χ4v) is 4.18. The largest absolute Gasteiger partial charge is 0.493 e. The number of methoxy groups -OCH3 is 2. The maximum atomic E-state index is 12.8. The molecule has 4 rings (SSSR count). The van der Waals surface area contributed by atoms with Crippen LogP contribution in [0.25, 0.3) is 0 Å². The molecular weight excluding hydrogens is 380 g/mol. The summed E-state index contributed by atoms with van der Waals surface area (Å²) in [6.07, 6.45) is 1.51. The molecule has 156 valence electrons. The van der Waals surface area contributed by atoms with Crippen molar-refractivity contribution in [3.8, 4) is 11.5 Å². The van der Waals surface area contributed by atoms with Crippen molar-refractivity contribution in [3.63, 3.8) is 0 Å². The predicted molar refractivity (Wildman–Crippen MR) is 99.6 cm³/mol. The van der Waals surface area contributed by atoms with E-state index in [9.17, 15) is 14.4 Å². The fourth-order valence-electron chi connectivity index (χ4n) is 4.18. The summed E-state index contributed by atoms with van der Waals surface area (Å²) in [5, 5.41) is 2.87. The molecule has 1 N–H and O–H groups in total. The van der Waals surface area contributed by atoms with E-state index in [4.69, 9.17) is 18.9 Å². The molecule has 29 heavy (non-hydrogen) atoms. The summed E-state index contributed by atoms with van der Waals surface area (Å²) in [7, 11) is 2.90. The zero-order chi connectivity index (χ0) is 20.5. The van der Waals surface area contributed by atoms with Crippen molar-refractivity contribution in [2.75, 3.05) is 27.4 Å². The molecule has 0 aromatic heterocycles. The first-order valence-electron chi connectivity index (χ1n) is 9.71. The third-order valence-electron chi connectivity index (χ3n) is 5.61. The number of hydrogen-bond donors (Lipinski definition) is 1. The van der Waals surface area contributed by atoms with Crippen LogP contribution in [-0.2, 0) is 19.1 Å². The molecule has 2 saturated heterocycles. The predicted octanol–water partition coefficient (Wildman–Crippen LogP) is 1.16. The minimum atomic E-state index is -0.967. The molecular formula is C20H24N2O7. The highest BCUT2D eigenvalue weighted by molar-refractivity contribution is 5.99. The lowest BCUT2D eigenvalue weighted by Crippen LogP contribution is -2.47. The zero-order valence-corrected chi connectivity index (χ0v) is 16.4. The number of hydrogen-bond acceptors (Lipinski definition) is 7. The Morgan fingerprint density at radius 3 is 2.76 bits per heavy atom. The number of cyclic esters (lactones) is 1. The van der Waals surface area contributed by atoms with Gasteiger partial charge < -0.3 is 24.3 Å². The van der Waals surface area contributed by atoms with Crippen LogP contribution >= 0.6 is 0 Å². The second kappa shape index (κ2) is 7.90. The van der Waals surface area contributed by atoms with E-state index in [1.165, 1.54) is 19.1 Å². The zero-order valence-electron chi connectivity index (χ0n) is 16.4. The average molecular weight is 404 g/mol. The topological polar surface area (TPSA) is 103 Å². The second-order valence-electron chi connectivity index (χ2n) is 7.26. The van der Waals surface area contributed by atoms with Crippen molar-refractivity contribution >= 4 is 17.8 Å². The molecule has 1 aromatic rings. The highest BCUT2D eigenvalue weighted by atomic mass is 16.6. The number of nitrogens with one attached hydrogen (secondary N) is 1. The van der Waals surface area contributed by atoms with Gasteiger partial charge in [-0.05, 0) is 31.4 Å². The van der Waals surface area contributed by atoms with E-state index in [0.29, 0.717) is 30.9 Å². The first-order valence-corrected chi connectivity index (χ1v) is 9.71. The smallest absolute Gasteiger partial charge is 0.344 e. The van der Waals surface area contributed by atoms with E-state index in [1.54, 1.807) is 12.1 Å². The van der Waals surface area contributed by atoms with Gasteiger partial charge in [0.2, 0.25) is 18.0 Å². The second-order valence-corrected chi connectivity index (χ2v) is 7.26. The molecule has 0 saturated carbocycles. The number of benzene rings is 1. The normalized spacial score (nSPS) is 25.7. The van der Waals surface area contributed by atoms with E-state index >= 15 is 0 Å². The number of rotatable bonds is 6. The summed E-state index contributed by atoms with van der Waals surface area (Å²) in [4.78, 5) is 39.3. The Labute approximate surface area is 168 Å². The number of carbonyl (C=O) groups excluding carboxylic acids is 3. The first-order chi connectivity index (χ1) is 14.0. The van der Waals surface area contributed by atoms with Crippen LogP contribution in [0.3, 0.4) is 0 Å². The maximum absolute atomic E-state index is 12.8. The quantitative estimate of drug-likeness (QED) is 0.710. The summed E-state index contributed by atoms with van der Waals surface area (Å²) in [5.74, 6) is -0.469. The summed E-state index contributed by atoms with van der Waals surface area (Å²) in [6, 6.07) is 2.61. The Hall–Kier alpha value is -2.81. The number of nitrogens with zero attached hydrogens (tertiary/aromatic N) is 1. The van der Waals surface area contributed by atoms with Crippen molar-refractivity contribution in [1.82, 2.24) is 10.2 Å². The van der Waals surface area contributed by atoms with Crippen LogP contribution < -0.4 is 14.8 Å². The van der Waals surface area contributed by atoms with E-state index in [2.05, 4.69) is 5.32 Å². The molecule has 0 aliphatic carbocycles. The fraction of sp³-hybridized carbons (Fsp3) is 0.550. The average Bonchev–Trinajstić information content (AvgIpc) is 3.45. The van der Waals surface area contributed by atoms with Crippen LogP contribution in [0.4, 0.5) is 0 Å². The highest BCUT2D eigenvalue weighted by Gasteiger charge is 2.47. The number of ether oxygens (including phenoxy) is 4. The summed E-state index contributed by atoms with van der Waals surface area (Å²) >= 11 is 0. The van der Waals surface area contributed by atoms with Gasteiger partial charge in [0.25, 0.3) is 0 Å². The number of amides is 2. The molecule has 9 heteroatoms. The molecule has 2 fully saturated rings. The van der Waals surface area contributed by atoms with Gasteiger partial charge in [0, 0.05) is 25.1 Å². The van der Waals surface area contributed by atoms with Gasteiger partial charge in [-0.3, -0.25) is 14.5 Å². The van der Waals surface area contributed by atoms with Crippen molar-refractivity contribution in [1.29, 1.82) is 0 Å². The van der Waals surface area contributed by atoms with E-state index in [1.807, 2.05) is 0 Å². The van der Waals surface area contributed by atoms with Crippen LogP contribution in [0.15, 0.2) is 12.1 Å². The van der Waals surface area contributed by atoms with Gasteiger partial charge in [-0.2, -0.15) is 0 Å². The molecule has 1 aromatic carbocycles. The van der Waals surface area contributed by atoms with E-state index in [0.717, 1.165) is 12.8 Å². The summed E-state index contributed by atoms with van der Waals surface area (Å²) in [5.41, 5.74) is 0.704. The Balaban J connectivity index is 1.58. The minimum Gasteiger partial charge on any atom is -0.493 e. The Bertz CT molecular complexity index is 834. The highest BCUT2D eigenvalue weighted by Crippen LogP contribution is 2.45. The molecule has 2 amide bonds. The third-order valence-corrected chi connectivity index (χ3v) is 5.61. The van der Waals surface area contributed by atoms with Crippen molar-refractivity contribution < 1.29 is 33.3 Å². The molecule has 9 nitrogen and oxygen atoms in total. The standard InChI is InChI=1S/C20H24N2O7/c1-26-14-7-5-12-16(17(14)27-2)20(25)29-19(12)22-13(6-8-15(22)23)18(24)21-10-11-4-3-9-28-11/h5,7,11,13,19H,3-4,6,8-10H2,1-2H3,(H,21,24)/t11-,13-,19-/m1/s1. The van der Waals surface area contributed by atoms with Gasteiger partial charge in [-0.1, -0.05) is 0 Å². The lowest BCUT2D eigenvalue weighted by atomic mass is 10.1. The van der Waals surface area contributed by atoms with Crippen molar-refractivity contribution in [2.45, 2.75) is 44.1 Å². The van der Waals surface area contributed by atoms with Gasteiger partial charge in [0.1, 0.15) is 11.6 Å².